The highest BCUT2D eigenvalue weighted by Gasteiger charge is 2.32. The molecule has 0 aliphatic heterocycles. The van der Waals surface area contributed by atoms with Crippen LogP contribution in [0.2, 0.25) is 0 Å². The van der Waals surface area contributed by atoms with Crippen LogP contribution in [0.25, 0.3) is 0 Å². The van der Waals surface area contributed by atoms with E-state index in [0.29, 0.717) is 18.5 Å². The molecule has 0 spiro atoms. The summed E-state index contributed by atoms with van der Waals surface area (Å²) in [7, 11) is 0. The molecule has 0 saturated carbocycles. The first-order chi connectivity index (χ1) is 7.83. The second kappa shape index (κ2) is 6.77. The largest absolute Gasteiger partial charge is 0.573 e. The minimum absolute atomic E-state index is 0. The molecule has 0 fully saturated rings. The molecule has 0 heterocycles. The zero-order chi connectivity index (χ0) is 13.1. The van der Waals surface area contributed by atoms with E-state index in [1.165, 1.54) is 6.07 Å². The lowest BCUT2D eigenvalue weighted by atomic mass is 10.0. The number of nitrogens with two attached hydrogens (primary N) is 2. The van der Waals surface area contributed by atoms with Crippen LogP contribution in [0.3, 0.4) is 0 Å². The summed E-state index contributed by atoms with van der Waals surface area (Å²) < 4.78 is 52.4. The summed E-state index contributed by atoms with van der Waals surface area (Å²) in [5.41, 5.74) is 11.3. The number of rotatable bonds is 4. The first kappa shape index (κ1) is 16.9. The Kier molecular flexibility index (Phi) is 6.37. The van der Waals surface area contributed by atoms with Crippen molar-refractivity contribution in [3.63, 3.8) is 0 Å². The van der Waals surface area contributed by atoms with Gasteiger partial charge in [-0.15, -0.1) is 25.6 Å². The van der Waals surface area contributed by atoms with E-state index in [2.05, 4.69) is 4.74 Å². The highest BCUT2D eigenvalue weighted by atomic mass is 35.5. The second-order valence-corrected chi connectivity index (χ2v) is 3.42. The first-order valence-electron chi connectivity index (χ1n) is 4.84. The van der Waals surface area contributed by atoms with Gasteiger partial charge in [0.15, 0.2) is 11.6 Å². The van der Waals surface area contributed by atoms with Crippen molar-refractivity contribution in [1.82, 2.24) is 0 Å². The van der Waals surface area contributed by atoms with Crippen LogP contribution in [0, 0.1) is 5.82 Å². The Labute approximate surface area is 107 Å². The second-order valence-electron chi connectivity index (χ2n) is 3.42. The Morgan fingerprint density at radius 2 is 1.89 bits per heavy atom. The third-order valence-electron chi connectivity index (χ3n) is 2.09. The molecular formula is C10H13ClF4N2O. The van der Waals surface area contributed by atoms with E-state index in [-0.39, 0.29) is 12.4 Å². The molecule has 0 amide bonds. The van der Waals surface area contributed by atoms with Crippen LogP contribution in [0.4, 0.5) is 17.6 Å². The van der Waals surface area contributed by atoms with Crippen molar-refractivity contribution in [2.75, 3.05) is 6.54 Å². The maximum absolute atomic E-state index is 13.3. The maximum Gasteiger partial charge on any atom is 0.573 e. The number of hydrogen-bond donors (Lipinski definition) is 2. The van der Waals surface area contributed by atoms with E-state index in [9.17, 15) is 17.6 Å². The lowest BCUT2D eigenvalue weighted by Crippen LogP contribution is -2.19. The molecule has 0 saturated heterocycles. The average Bonchev–Trinajstić information content (AvgIpc) is 2.19. The van der Waals surface area contributed by atoms with E-state index in [1.807, 2.05) is 0 Å². The maximum atomic E-state index is 13.3. The molecule has 0 radical (unpaired) electrons. The van der Waals surface area contributed by atoms with Crippen molar-refractivity contribution in [2.24, 2.45) is 11.5 Å². The lowest BCUT2D eigenvalue weighted by molar-refractivity contribution is -0.275. The molecule has 0 aromatic heterocycles. The predicted molar refractivity (Wildman–Crippen MR) is 60.9 cm³/mol. The summed E-state index contributed by atoms with van der Waals surface area (Å²) in [5, 5.41) is 0. The monoisotopic (exact) mass is 288 g/mol. The highest BCUT2D eigenvalue weighted by molar-refractivity contribution is 5.85. The van der Waals surface area contributed by atoms with E-state index in [4.69, 9.17) is 11.5 Å². The van der Waals surface area contributed by atoms with Gasteiger partial charge in [0.05, 0.1) is 0 Å². The molecule has 1 rings (SSSR count). The van der Waals surface area contributed by atoms with Crippen LogP contribution in [0.15, 0.2) is 18.2 Å². The Bertz CT molecular complexity index is 387. The van der Waals surface area contributed by atoms with Crippen LogP contribution in [-0.2, 0) is 0 Å². The first-order valence-corrected chi connectivity index (χ1v) is 4.84. The summed E-state index contributed by atoms with van der Waals surface area (Å²) in [5.74, 6) is -1.98. The van der Waals surface area contributed by atoms with Gasteiger partial charge in [0.2, 0.25) is 0 Å². The molecule has 0 unspecified atom stereocenters. The summed E-state index contributed by atoms with van der Waals surface area (Å²) in [6.45, 7) is 0.309. The van der Waals surface area contributed by atoms with Crippen molar-refractivity contribution in [1.29, 1.82) is 0 Å². The third-order valence-corrected chi connectivity index (χ3v) is 2.09. The fraction of sp³-hybridized carbons (Fsp3) is 0.400. The number of halogens is 5. The van der Waals surface area contributed by atoms with Gasteiger partial charge in [-0.1, -0.05) is 6.07 Å². The van der Waals surface area contributed by atoms with Crippen molar-refractivity contribution in [3.8, 4) is 5.75 Å². The standard InChI is InChI=1S/C10H12F4N2O.ClH/c11-7-5-6(8(16)3-4-15)1-2-9(7)17-10(12,13)14;/h1-2,5,8H,3-4,15-16H2;1H/t8-;/m0./s1. The van der Waals surface area contributed by atoms with Crippen LogP contribution in [0.5, 0.6) is 5.75 Å². The quantitative estimate of drug-likeness (QED) is 0.837. The molecule has 1 aromatic rings. The van der Waals surface area contributed by atoms with E-state index >= 15 is 0 Å². The van der Waals surface area contributed by atoms with Gasteiger partial charge in [-0.2, -0.15) is 0 Å². The Morgan fingerprint density at radius 1 is 1.28 bits per heavy atom. The lowest BCUT2D eigenvalue weighted by Gasteiger charge is -2.13. The van der Waals surface area contributed by atoms with Crippen molar-refractivity contribution in [2.45, 2.75) is 18.8 Å². The number of benzene rings is 1. The minimum Gasteiger partial charge on any atom is -0.403 e. The van der Waals surface area contributed by atoms with Crippen LogP contribution in [-0.4, -0.2) is 12.9 Å². The summed E-state index contributed by atoms with van der Waals surface area (Å²) >= 11 is 0. The number of ether oxygens (including phenoxy) is 1. The van der Waals surface area contributed by atoms with E-state index in [1.54, 1.807) is 0 Å². The normalized spacial score (nSPS) is 12.8. The van der Waals surface area contributed by atoms with Crippen LogP contribution in [0.1, 0.15) is 18.0 Å². The predicted octanol–water partition coefficient (Wildman–Crippen LogP) is 2.49. The molecule has 0 aliphatic carbocycles. The molecule has 1 atom stereocenters. The number of hydrogen-bond acceptors (Lipinski definition) is 3. The Balaban J connectivity index is 0.00000289. The zero-order valence-corrected chi connectivity index (χ0v) is 10.0. The van der Waals surface area contributed by atoms with Crippen molar-refractivity contribution < 1.29 is 22.3 Å². The van der Waals surface area contributed by atoms with Gasteiger partial charge < -0.3 is 16.2 Å². The van der Waals surface area contributed by atoms with Crippen LogP contribution >= 0.6 is 12.4 Å². The van der Waals surface area contributed by atoms with Gasteiger partial charge in [-0.3, -0.25) is 0 Å². The molecule has 0 bridgehead atoms. The highest BCUT2D eigenvalue weighted by Crippen LogP contribution is 2.27. The summed E-state index contributed by atoms with van der Waals surface area (Å²) in [6, 6.07) is 2.59. The third kappa shape index (κ3) is 5.07. The SMILES string of the molecule is Cl.NCC[C@H](N)c1ccc(OC(F)(F)F)c(F)c1. The van der Waals surface area contributed by atoms with Crippen LogP contribution < -0.4 is 16.2 Å². The molecule has 0 aliphatic rings. The Hall–Kier alpha value is -1.05. The van der Waals surface area contributed by atoms with Crippen molar-refractivity contribution in [3.05, 3.63) is 29.6 Å². The summed E-state index contributed by atoms with van der Waals surface area (Å²) in [6.07, 6.45) is -4.50. The van der Waals surface area contributed by atoms with Gasteiger partial charge >= 0.3 is 6.36 Å². The molecule has 3 nitrogen and oxygen atoms in total. The van der Waals surface area contributed by atoms with Gasteiger partial charge in [0.1, 0.15) is 0 Å². The van der Waals surface area contributed by atoms with E-state index in [0.717, 1.165) is 12.1 Å². The zero-order valence-electron chi connectivity index (χ0n) is 9.21. The van der Waals surface area contributed by atoms with Gasteiger partial charge in [0, 0.05) is 6.04 Å². The average molecular weight is 289 g/mol. The fourth-order valence-corrected chi connectivity index (χ4v) is 1.30. The Morgan fingerprint density at radius 3 is 2.33 bits per heavy atom. The minimum atomic E-state index is -4.91. The topological polar surface area (TPSA) is 61.3 Å². The fourth-order valence-electron chi connectivity index (χ4n) is 1.30. The summed E-state index contributed by atoms with van der Waals surface area (Å²) in [4.78, 5) is 0. The molecule has 4 N–H and O–H groups in total. The molecule has 18 heavy (non-hydrogen) atoms. The molecular weight excluding hydrogens is 276 g/mol. The van der Waals surface area contributed by atoms with Gasteiger partial charge in [-0.05, 0) is 30.7 Å². The van der Waals surface area contributed by atoms with Crippen molar-refractivity contribution >= 4 is 12.4 Å². The van der Waals surface area contributed by atoms with Gasteiger partial charge in [-0.25, -0.2) is 4.39 Å². The van der Waals surface area contributed by atoms with Gasteiger partial charge in [0.25, 0.3) is 0 Å². The molecule has 104 valence electrons. The smallest absolute Gasteiger partial charge is 0.403 e. The van der Waals surface area contributed by atoms with E-state index < -0.39 is 24.0 Å². The molecule has 8 heteroatoms. The number of alkyl halides is 3. The molecule has 1 aromatic carbocycles.